The summed E-state index contributed by atoms with van der Waals surface area (Å²) in [6, 6.07) is 7.20. The Kier molecular flexibility index (Phi) is 3.94. The molecule has 0 bridgehead atoms. The molecule has 0 aliphatic heterocycles. The molecule has 17 heavy (non-hydrogen) atoms. The van der Waals surface area contributed by atoms with Gasteiger partial charge in [-0.15, -0.1) is 0 Å². The van der Waals surface area contributed by atoms with Crippen molar-refractivity contribution in [3.8, 4) is 0 Å². The zero-order valence-electron chi connectivity index (χ0n) is 8.55. The van der Waals surface area contributed by atoms with Gasteiger partial charge in [-0.25, -0.2) is 0 Å². The van der Waals surface area contributed by atoms with Crippen molar-refractivity contribution in [2.75, 3.05) is 0 Å². The predicted molar refractivity (Wildman–Crippen MR) is 78.1 cm³/mol. The van der Waals surface area contributed by atoms with Gasteiger partial charge in [0.2, 0.25) is 0 Å². The minimum absolute atomic E-state index is 0.249. The number of benzene rings is 1. The number of rotatable bonds is 3. The first-order valence-corrected chi connectivity index (χ1v) is 7.59. The fourth-order valence-corrected chi connectivity index (χ4v) is 3.91. The Morgan fingerprint density at radius 1 is 1.29 bits per heavy atom. The van der Waals surface area contributed by atoms with E-state index in [1.54, 1.807) is 12.1 Å². The van der Waals surface area contributed by atoms with Gasteiger partial charge in [0.25, 0.3) is 0 Å². The molecule has 0 aromatic heterocycles. The van der Waals surface area contributed by atoms with Gasteiger partial charge >= 0.3 is 5.97 Å². The smallest absolute Gasteiger partial charge is 0.325 e. The third-order valence-electron chi connectivity index (χ3n) is 2.53. The van der Waals surface area contributed by atoms with Crippen molar-refractivity contribution in [3.05, 3.63) is 34.9 Å². The largest absolute Gasteiger partial charge is 0.460 e. The highest BCUT2D eigenvalue weighted by molar-refractivity contribution is 9.26. The van der Waals surface area contributed by atoms with E-state index < -0.39 is 4.32 Å². The first-order chi connectivity index (χ1) is 7.85. The zero-order chi connectivity index (χ0) is 12.7. The molecule has 6 heteroatoms. The Hall–Kier alpha value is 0.420. The lowest BCUT2D eigenvalue weighted by atomic mass is 10.2. The molecule has 0 radical (unpaired) electrons. The Morgan fingerprint density at radius 2 is 1.82 bits per heavy atom. The average Bonchev–Trinajstić information content (AvgIpc) is 2.78. The molecule has 1 aromatic rings. The Labute approximate surface area is 129 Å². The number of carbonyl (C=O) groups excluding carboxylic acids is 1. The highest BCUT2D eigenvalue weighted by Gasteiger charge is 2.70. The van der Waals surface area contributed by atoms with E-state index >= 15 is 0 Å². The van der Waals surface area contributed by atoms with Crippen LogP contribution in [0.4, 0.5) is 0 Å². The van der Waals surface area contributed by atoms with E-state index in [-0.39, 0.29) is 15.8 Å². The lowest BCUT2D eigenvalue weighted by molar-refractivity contribution is -0.144. The minimum atomic E-state index is -0.660. The lowest BCUT2D eigenvalue weighted by Gasteiger charge is -2.10. The average molecular weight is 447 g/mol. The molecule has 1 aliphatic carbocycles. The number of alkyl halides is 3. The van der Waals surface area contributed by atoms with E-state index in [0.717, 1.165) is 5.56 Å². The van der Waals surface area contributed by atoms with Gasteiger partial charge in [-0.2, -0.15) is 0 Å². The van der Waals surface area contributed by atoms with Crippen LogP contribution in [0, 0.1) is 0 Å². The molecule has 0 spiro atoms. The predicted octanol–water partition coefficient (Wildman–Crippen LogP) is 4.41. The molecule has 0 heterocycles. The summed E-state index contributed by atoms with van der Waals surface area (Å²) in [6.45, 7) is 0.249. The molecule has 1 fully saturated rings. The van der Waals surface area contributed by atoms with Crippen molar-refractivity contribution in [3.63, 3.8) is 0 Å². The van der Waals surface area contributed by atoms with E-state index in [1.165, 1.54) is 0 Å². The van der Waals surface area contributed by atoms with Crippen molar-refractivity contribution in [2.45, 2.75) is 20.6 Å². The summed E-state index contributed by atoms with van der Waals surface area (Å²) in [5.41, 5.74) is 0.911. The van der Waals surface area contributed by atoms with Crippen molar-refractivity contribution in [2.24, 2.45) is 0 Å². The number of hydrogen-bond donors (Lipinski definition) is 0. The number of hydrogen-bond acceptors (Lipinski definition) is 2. The summed E-state index contributed by atoms with van der Waals surface area (Å²) < 4.78 is 4.20. The molecule has 1 aromatic carbocycles. The van der Waals surface area contributed by atoms with Crippen LogP contribution < -0.4 is 0 Å². The van der Waals surface area contributed by atoms with Crippen molar-refractivity contribution in [1.82, 2.24) is 0 Å². The monoisotopic (exact) mass is 444 g/mol. The minimum Gasteiger partial charge on any atom is -0.460 e. The van der Waals surface area contributed by atoms with Crippen molar-refractivity contribution in [1.29, 1.82) is 0 Å². The number of esters is 1. The fraction of sp³-hybridized carbons (Fsp3) is 0.364. The first kappa shape index (κ1) is 13.8. The zero-order valence-corrected chi connectivity index (χ0v) is 14.1. The third kappa shape index (κ3) is 2.88. The van der Waals surface area contributed by atoms with Crippen LogP contribution in [-0.4, -0.2) is 13.5 Å². The molecule has 1 aliphatic rings. The Balaban J connectivity index is 1.91. The second kappa shape index (κ2) is 4.83. The number of ether oxygens (including phenoxy) is 1. The van der Waals surface area contributed by atoms with Crippen molar-refractivity contribution >= 4 is 65.4 Å². The van der Waals surface area contributed by atoms with Crippen LogP contribution in [0.25, 0.3) is 0 Å². The molecule has 0 amide bonds. The van der Waals surface area contributed by atoms with Gasteiger partial charge in [-0.05, 0) is 17.7 Å². The van der Waals surface area contributed by atoms with E-state index in [0.29, 0.717) is 11.4 Å². The molecule has 2 rings (SSSR count). The molecular weight excluding hydrogens is 439 g/mol. The van der Waals surface area contributed by atoms with Crippen LogP contribution in [0.15, 0.2) is 24.3 Å². The van der Waals surface area contributed by atoms with Gasteiger partial charge in [-0.1, -0.05) is 71.5 Å². The summed E-state index contributed by atoms with van der Waals surface area (Å²) in [5.74, 6) is -0.277. The van der Waals surface area contributed by atoms with Gasteiger partial charge in [0, 0.05) is 11.4 Å². The topological polar surface area (TPSA) is 26.3 Å². The van der Waals surface area contributed by atoms with Crippen LogP contribution in [0.5, 0.6) is 0 Å². The van der Waals surface area contributed by atoms with Gasteiger partial charge < -0.3 is 4.74 Å². The highest BCUT2D eigenvalue weighted by atomic mass is 79.9. The third-order valence-corrected chi connectivity index (χ3v) is 7.04. The van der Waals surface area contributed by atoms with Gasteiger partial charge in [0.15, 0.2) is 0 Å². The van der Waals surface area contributed by atoms with E-state index in [9.17, 15) is 4.79 Å². The maximum absolute atomic E-state index is 11.8. The fourth-order valence-electron chi connectivity index (χ4n) is 1.33. The summed E-state index contributed by atoms with van der Waals surface area (Å²) in [7, 11) is 0. The van der Waals surface area contributed by atoms with Crippen LogP contribution in [0.3, 0.4) is 0 Å². The van der Waals surface area contributed by atoms with Gasteiger partial charge in [0.05, 0.1) is 0 Å². The highest BCUT2D eigenvalue weighted by Crippen LogP contribution is 2.65. The molecule has 1 saturated carbocycles. The Morgan fingerprint density at radius 3 is 2.29 bits per heavy atom. The van der Waals surface area contributed by atoms with E-state index in [4.69, 9.17) is 16.3 Å². The van der Waals surface area contributed by atoms with Crippen LogP contribution >= 0.6 is 59.4 Å². The van der Waals surface area contributed by atoms with Crippen LogP contribution in [0.2, 0.25) is 5.02 Å². The maximum Gasteiger partial charge on any atom is 0.325 e. The second-order valence-corrected chi connectivity index (χ2v) is 9.45. The number of halogens is 4. The molecule has 1 unspecified atom stereocenters. The van der Waals surface area contributed by atoms with Crippen molar-refractivity contribution < 1.29 is 9.53 Å². The van der Waals surface area contributed by atoms with Gasteiger partial charge in [0.1, 0.15) is 14.2 Å². The van der Waals surface area contributed by atoms with Crippen LogP contribution in [-0.2, 0) is 16.1 Å². The van der Waals surface area contributed by atoms with E-state index in [1.807, 2.05) is 12.1 Å². The number of carbonyl (C=O) groups is 1. The second-order valence-electron chi connectivity index (χ2n) is 3.88. The molecular formula is C11H8Br3ClO2. The van der Waals surface area contributed by atoms with E-state index in [2.05, 4.69) is 47.8 Å². The first-order valence-electron chi connectivity index (χ1n) is 4.83. The lowest BCUT2D eigenvalue weighted by Crippen LogP contribution is -2.23. The molecule has 2 nitrogen and oxygen atoms in total. The van der Waals surface area contributed by atoms with Crippen LogP contribution in [0.1, 0.15) is 12.0 Å². The SMILES string of the molecule is O=C(OCc1ccc(Cl)cc1)C1(Br)CC1(Br)Br. The summed E-state index contributed by atoms with van der Waals surface area (Å²) in [6.07, 6.45) is 0.652. The Bertz CT molecular complexity index is 447. The normalized spacial score (nSPS) is 25.4. The quantitative estimate of drug-likeness (QED) is 0.507. The molecule has 0 N–H and O–H groups in total. The molecule has 0 saturated heterocycles. The summed E-state index contributed by atoms with van der Waals surface area (Å²) >= 11 is 15.9. The summed E-state index contributed by atoms with van der Waals surface area (Å²) in [5, 5.41) is 0.666. The summed E-state index contributed by atoms with van der Waals surface area (Å²) in [4.78, 5) is 11.8. The molecule has 1 atom stereocenters. The standard InChI is InChI=1S/C11H8Br3ClO2/c12-10(6-11(10,13)14)9(16)17-5-7-1-3-8(15)4-2-7/h1-4H,5-6H2. The van der Waals surface area contributed by atoms with Gasteiger partial charge in [-0.3, -0.25) is 4.79 Å². The maximum atomic E-state index is 11.8. The molecule has 92 valence electrons.